The molecule has 0 fully saturated rings. The molecule has 0 atom stereocenters. The predicted octanol–water partition coefficient (Wildman–Crippen LogP) is 2.10. The Kier molecular flexibility index (Phi) is 3.76. The maximum atomic E-state index is 12.0. The fraction of sp³-hybridized carbons (Fsp3) is 0.143. The minimum atomic E-state index is -0.593. The Morgan fingerprint density at radius 2 is 2.18 bits per heavy atom. The first-order chi connectivity index (χ1) is 10.5. The highest BCUT2D eigenvalue weighted by Crippen LogP contribution is 2.20. The van der Waals surface area contributed by atoms with Gasteiger partial charge in [0.05, 0.1) is 6.20 Å². The summed E-state index contributed by atoms with van der Waals surface area (Å²) in [6, 6.07) is 7.29. The number of benzene rings is 1. The van der Waals surface area contributed by atoms with Crippen molar-refractivity contribution in [1.29, 1.82) is 0 Å². The van der Waals surface area contributed by atoms with E-state index in [9.17, 15) is 9.59 Å². The van der Waals surface area contributed by atoms with Crippen molar-refractivity contribution in [2.75, 3.05) is 6.61 Å². The van der Waals surface area contributed by atoms with Crippen LogP contribution < -0.4 is 0 Å². The number of H-pyrrole nitrogens is 1. The highest BCUT2D eigenvalue weighted by atomic mass is 79.9. The van der Waals surface area contributed by atoms with E-state index in [1.54, 1.807) is 13.1 Å². The number of hydrogen-bond acceptors (Lipinski definition) is 5. The minimum absolute atomic E-state index is 0.163. The van der Waals surface area contributed by atoms with Crippen LogP contribution in [0.4, 0.5) is 0 Å². The van der Waals surface area contributed by atoms with Crippen LogP contribution in [0.2, 0.25) is 0 Å². The molecule has 0 bridgehead atoms. The van der Waals surface area contributed by atoms with Crippen LogP contribution in [-0.4, -0.2) is 38.3 Å². The van der Waals surface area contributed by atoms with Crippen LogP contribution in [0.25, 0.3) is 10.9 Å². The van der Waals surface area contributed by atoms with Crippen molar-refractivity contribution in [3.63, 3.8) is 0 Å². The summed E-state index contributed by atoms with van der Waals surface area (Å²) in [4.78, 5) is 28.0. The van der Waals surface area contributed by atoms with Gasteiger partial charge in [0.2, 0.25) is 5.78 Å². The lowest BCUT2D eigenvalue weighted by atomic mass is 10.2. The van der Waals surface area contributed by atoms with Crippen molar-refractivity contribution in [3.05, 3.63) is 46.3 Å². The van der Waals surface area contributed by atoms with Gasteiger partial charge in [0.15, 0.2) is 12.3 Å². The van der Waals surface area contributed by atoms with Crippen LogP contribution >= 0.6 is 15.9 Å². The summed E-state index contributed by atoms with van der Waals surface area (Å²) in [5.41, 5.74) is 1.26. The van der Waals surface area contributed by atoms with Crippen LogP contribution in [0.5, 0.6) is 0 Å². The van der Waals surface area contributed by atoms with Crippen molar-refractivity contribution in [3.8, 4) is 0 Å². The second kappa shape index (κ2) is 5.72. The molecule has 2 heterocycles. The first kappa shape index (κ1) is 14.5. The van der Waals surface area contributed by atoms with Gasteiger partial charge in [-0.05, 0) is 18.2 Å². The number of halogens is 1. The third-order valence-corrected chi connectivity index (χ3v) is 3.52. The van der Waals surface area contributed by atoms with Crippen LogP contribution in [0, 0.1) is 0 Å². The summed E-state index contributed by atoms with van der Waals surface area (Å²) in [6.45, 7) is -0.378. The van der Waals surface area contributed by atoms with Gasteiger partial charge in [0.25, 0.3) is 0 Å². The third kappa shape index (κ3) is 2.91. The number of aryl methyl sites for hydroxylation is 1. The Labute approximate surface area is 133 Å². The number of carbonyl (C=O) groups is 2. The molecule has 0 spiro atoms. The summed E-state index contributed by atoms with van der Waals surface area (Å²) in [6.07, 6.45) is 1.33. The SMILES string of the molecule is Cn1ncc(C(=O)COC(=O)c2cc3ccc(Br)cc3[nH]2)n1. The van der Waals surface area contributed by atoms with Crippen LogP contribution in [0.1, 0.15) is 21.0 Å². The topological polar surface area (TPSA) is 89.9 Å². The molecule has 7 nitrogen and oxygen atoms in total. The molecule has 8 heteroatoms. The normalized spacial score (nSPS) is 10.8. The van der Waals surface area contributed by atoms with Gasteiger partial charge in [-0.15, -0.1) is 0 Å². The number of nitrogens with zero attached hydrogens (tertiary/aromatic N) is 3. The van der Waals surface area contributed by atoms with Gasteiger partial charge in [-0.2, -0.15) is 15.0 Å². The van der Waals surface area contributed by atoms with E-state index < -0.39 is 11.8 Å². The van der Waals surface area contributed by atoms with E-state index in [2.05, 4.69) is 31.1 Å². The third-order valence-electron chi connectivity index (χ3n) is 3.02. The van der Waals surface area contributed by atoms with Crippen molar-refractivity contribution in [2.24, 2.45) is 7.05 Å². The molecule has 0 aliphatic carbocycles. The van der Waals surface area contributed by atoms with Gasteiger partial charge < -0.3 is 9.72 Å². The molecule has 0 amide bonds. The zero-order valence-electron chi connectivity index (χ0n) is 11.5. The molecule has 0 aliphatic heterocycles. The lowest BCUT2D eigenvalue weighted by Crippen LogP contribution is -2.15. The standard InChI is InChI=1S/C14H11BrN4O3/c1-19-16-6-12(18-19)13(20)7-22-14(21)11-4-8-2-3-9(15)5-10(8)17-11/h2-6,17H,7H2,1H3. The van der Waals surface area contributed by atoms with E-state index in [1.807, 2.05) is 18.2 Å². The highest BCUT2D eigenvalue weighted by molar-refractivity contribution is 9.10. The Morgan fingerprint density at radius 1 is 1.36 bits per heavy atom. The minimum Gasteiger partial charge on any atom is -0.453 e. The van der Waals surface area contributed by atoms with Gasteiger partial charge >= 0.3 is 5.97 Å². The molecule has 112 valence electrons. The number of aromatic nitrogens is 4. The zero-order valence-corrected chi connectivity index (χ0v) is 13.1. The Balaban J connectivity index is 1.69. The second-order valence-electron chi connectivity index (χ2n) is 4.63. The zero-order chi connectivity index (χ0) is 15.7. The molecule has 0 radical (unpaired) electrons. The first-order valence-electron chi connectivity index (χ1n) is 6.38. The fourth-order valence-corrected chi connectivity index (χ4v) is 2.33. The quantitative estimate of drug-likeness (QED) is 0.566. The number of ketones is 1. The van der Waals surface area contributed by atoms with Crippen molar-refractivity contribution >= 4 is 38.6 Å². The number of fused-ring (bicyclic) bond motifs is 1. The van der Waals surface area contributed by atoms with Crippen molar-refractivity contribution < 1.29 is 14.3 Å². The molecular formula is C14H11BrN4O3. The Bertz CT molecular complexity index is 868. The maximum absolute atomic E-state index is 12.0. The van der Waals surface area contributed by atoms with E-state index in [4.69, 9.17) is 4.74 Å². The second-order valence-corrected chi connectivity index (χ2v) is 5.55. The average Bonchev–Trinajstić information content (AvgIpc) is 3.10. The molecule has 3 aromatic rings. The van der Waals surface area contributed by atoms with E-state index in [0.29, 0.717) is 5.69 Å². The molecule has 1 aromatic carbocycles. The summed E-state index contributed by atoms with van der Waals surface area (Å²) in [7, 11) is 1.60. The van der Waals surface area contributed by atoms with Gasteiger partial charge in [-0.25, -0.2) is 4.79 Å². The van der Waals surface area contributed by atoms with Crippen molar-refractivity contribution in [1.82, 2.24) is 20.0 Å². The lowest BCUT2D eigenvalue weighted by Gasteiger charge is -2.00. The van der Waals surface area contributed by atoms with Gasteiger partial charge in [-0.3, -0.25) is 4.79 Å². The van der Waals surface area contributed by atoms with Crippen molar-refractivity contribution in [2.45, 2.75) is 0 Å². The molecule has 22 heavy (non-hydrogen) atoms. The number of Topliss-reactive ketones (excluding diaryl/α,β-unsaturated/α-hetero) is 1. The number of aromatic amines is 1. The van der Waals surface area contributed by atoms with Gasteiger partial charge in [0.1, 0.15) is 5.69 Å². The molecule has 3 rings (SSSR count). The van der Waals surface area contributed by atoms with E-state index in [-0.39, 0.29) is 12.3 Å². The van der Waals surface area contributed by atoms with Gasteiger partial charge in [0, 0.05) is 22.4 Å². The summed E-state index contributed by atoms with van der Waals surface area (Å²) in [5.74, 6) is -0.995. The van der Waals surface area contributed by atoms with Gasteiger partial charge in [-0.1, -0.05) is 22.0 Å². The monoisotopic (exact) mass is 362 g/mol. The molecule has 1 N–H and O–H groups in total. The van der Waals surface area contributed by atoms with E-state index in [0.717, 1.165) is 15.4 Å². The largest absolute Gasteiger partial charge is 0.453 e. The maximum Gasteiger partial charge on any atom is 0.355 e. The first-order valence-corrected chi connectivity index (χ1v) is 7.17. The Morgan fingerprint density at radius 3 is 2.91 bits per heavy atom. The molecule has 0 saturated carbocycles. The number of ether oxygens (including phenoxy) is 1. The van der Waals surface area contributed by atoms with Crippen LogP contribution in [0.3, 0.4) is 0 Å². The lowest BCUT2D eigenvalue weighted by molar-refractivity contribution is 0.0468. The molecule has 0 aliphatic rings. The molecular weight excluding hydrogens is 352 g/mol. The molecule has 0 unspecified atom stereocenters. The van der Waals surface area contributed by atoms with Crippen LogP contribution in [0.15, 0.2) is 34.9 Å². The number of rotatable bonds is 4. The summed E-state index contributed by atoms with van der Waals surface area (Å²) in [5, 5.41) is 8.54. The number of hydrogen-bond donors (Lipinski definition) is 1. The van der Waals surface area contributed by atoms with Crippen LogP contribution in [-0.2, 0) is 11.8 Å². The molecule has 0 saturated heterocycles. The summed E-state index contributed by atoms with van der Waals surface area (Å²) >= 11 is 3.36. The predicted molar refractivity (Wildman–Crippen MR) is 81.6 cm³/mol. The molecule has 2 aromatic heterocycles. The summed E-state index contributed by atoms with van der Waals surface area (Å²) < 4.78 is 5.91. The van der Waals surface area contributed by atoms with E-state index >= 15 is 0 Å². The van der Waals surface area contributed by atoms with E-state index in [1.165, 1.54) is 11.0 Å². The highest BCUT2D eigenvalue weighted by Gasteiger charge is 2.16. The number of nitrogens with one attached hydrogen (secondary N) is 1. The number of carbonyl (C=O) groups excluding carboxylic acids is 2. The average molecular weight is 363 g/mol. The Hall–Kier alpha value is -2.48. The fourth-order valence-electron chi connectivity index (χ4n) is 1.97. The number of esters is 1. The smallest absolute Gasteiger partial charge is 0.355 e.